The summed E-state index contributed by atoms with van der Waals surface area (Å²) >= 11 is 0. The Morgan fingerprint density at radius 2 is 2.06 bits per heavy atom. The van der Waals surface area contributed by atoms with Crippen LogP contribution in [0.4, 0.5) is 0 Å². The van der Waals surface area contributed by atoms with Crippen molar-refractivity contribution < 1.29 is 19.7 Å². The third-order valence-corrected chi connectivity index (χ3v) is 2.43. The van der Waals surface area contributed by atoms with E-state index in [1.54, 1.807) is 24.4 Å². The third-order valence-electron chi connectivity index (χ3n) is 2.43. The Balaban J connectivity index is 2.78. The summed E-state index contributed by atoms with van der Waals surface area (Å²) in [6.45, 7) is 1.44. The van der Waals surface area contributed by atoms with E-state index in [4.69, 9.17) is 5.11 Å². The van der Waals surface area contributed by atoms with Crippen LogP contribution >= 0.6 is 0 Å². The summed E-state index contributed by atoms with van der Waals surface area (Å²) in [5.41, 5.74) is 1.36. The standard InChI is InChI=1S/C12H9NO3/c1-7(14)8-5-10-9(12(15)16)3-2-4-11(10)13-6-8/h2-6H,1H3,(H,15,16)/p+1. The van der Waals surface area contributed by atoms with Crippen molar-refractivity contribution in [3.8, 4) is 0 Å². The molecule has 0 unspecified atom stereocenters. The summed E-state index contributed by atoms with van der Waals surface area (Å²) in [7, 11) is 0. The highest BCUT2D eigenvalue weighted by atomic mass is 16.4. The average molecular weight is 216 g/mol. The molecule has 1 aromatic carbocycles. The van der Waals surface area contributed by atoms with Crippen LogP contribution in [-0.2, 0) is 0 Å². The maximum absolute atomic E-state index is 11.2. The van der Waals surface area contributed by atoms with Gasteiger partial charge in [-0.3, -0.25) is 4.79 Å². The summed E-state index contributed by atoms with van der Waals surface area (Å²) in [6.07, 6.45) is 1.58. The molecule has 4 heteroatoms. The molecule has 0 saturated carbocycles. The molecule has 0 bridgehead atoms. The smallest absolute Gasteiger partial charge is 0.336 e. The van der Waals surface area contributed by atoms with Gasteiger partial charge in [0.25, 0.3) is 0 Å². The zero-order valence-electron chi connectivity index (χ0n) is 8.65. The van der Waals surface area contributed by atoms with Gasteiger partial charge in [0.15, 0.2) is 12.0 Å². The van der Waals surface area contributed by atoms with Crippen LogP contribution in [0.1, 0.15) is 27.6 Å². The Morgan fingerprint density at radius 1 is 1.31 bits per heavy atom. The number of aromatic carboxylic acids is 1. The van der Waals surface area contributed by atoms with Gasteiger partial charge in [-0.2, -0.15) is 0 Å². The zero-order chi connectivity index (χ0) is 11.7. The Hall–Kier alpha value is -2.23. The first-order valence-electron chi connectivity index (χ1n) is 4.78. The summed E-state index contributed by atoms with van der Waals surface area (Å²) in [4.78, 5) is 25.1. The van der Waals surface area contributed by atoms with E-state index in [1.165, 1.54) is 13.0 Å². The molecule has 1 heterocycles. The van der Waals surface area contributed by atoms with Crippen molar-refractivity contribution in [3.05, 3.63) is 41.6 Å². The second-order valence-corrected chi connectivity index (χ2v) is 3.52. The molecule has 2 N–H and O–H groups in total. The Labute approximate surface area is 91.5 Å². The number of aromatic nitrogens is 1. The van der Waals surface area contributed by atoms with Gasteiger partial charge >= 0.3 is 5.97 Å². The van der Waals surface area contributed by atoms with Crippen LogP contribution in [0.25, 0.3) is 10.9 Å². The number of Topliss-reactive ketones (excluding diaryl/α,β-unsaturated/α-hetero) is 1. The minimum absolute atomic E-state index is 0.0988. The van der Waals surface area contributed by atoms with E-state index in [0.29, 0.717) is 16.5 Å². The molecule has 4 nitrogen and oxygen atoms in total. The number of hydrogen-bond acceptors (Lipinski definition) is 2. The molecule has 0 aliphatic carbocycles. The molecule has 0 saturated heterocycles. The van der Waals surface area contributed by atoms with E-state index in [0.717, 1.165) is 0 Å². The number of nitrogens with one attached hydrogen (secondary N) is 1. The molecule has 2 aromatic rings. The average Bonchev–Trinajstić information content (AvgIpc) is 2.27. The molecular weight excluding hydrogens is 206 g/mol. The van der Waals surface area contributed by atoms with Crippen LogP contribution in [0.3, 0.4) is 0 Å². The molecule has 0 amide bonds. The quantitative estimate of drug-likeness (QED) is 0.774. The first-order valence-corrected chi connectivity index (χ1v) is 4.78. The number of carbonyl (C=O) groups is 2. The first-order chi connectivity index (χ1) is 7.59. The van der Waals surface area contributed by atoms with Crippen LogP contribution in [0.15, 0.2) is 30.5 Å². The van der Waals surface area contributed by atoms with E-state index in [-0.39, 0.29) is 11.3 Å². The minimum atomic E-state index is -1.00. The van der Waals surface area contributed by atoms with Crippen molar-refractivity contribution in [2.45, 2.75) is 6.92 Å². The van der Waals surface area contributed by atoms with E-state index in [2.05, 4.69) is 4.98 Å². The topological polar surface area (TPSA) is 68.5 Å². The number of rotatable bonds is 2. The van der Waals surface area contributed by atoms with Crippen molar-refractivity contribution >= 4 is 22.7 Å². The number of carboxylic acid groups (broad SMARTS) is 1. The highest BCUT2D eigenvalue weighted by Gasteiger charge is 2.13. The number of carboxylic acids is 1. The second kappa shape index (κ2) is 3.73. The van der Waals surface area contributed by atoms with Gasteiger partial charge in [0.1, 0.15) is 0 Å². The van der Waals surface area contributed by atoms with Crippen LogP contribution in [0.5, 0.6) is 0 Å². The fourth-order valence-corrected chi connectivity index (χ4v) is 1.59. The Kier molecular flexibility index (Phi) is 2.40. The van der Waals surface area contributed by atoms with Gasteiger partial charge in [-0.25, -0.2) is 9.78 Å². The van der Waals surface area contributed by atoms with Crippen molar-refractivity contribution in [1.82, 2.24) is 0 Å². The van der Waals surface area contributed by atoms with Crippen molar-refractivity contribution in [1.29, 1.82) is 0 Å². The zero-order valence-corrected chi connectivity index (χ0v) is 8.65. The van der Waals surface area contributed by atoms with Gasteiger partial charge in [0, 0.05) is 6.07 Å². The summed E-state index contributed by atoms with van der Waals surface area (Å²) in [6, 6.07) is 6.54. The number of hydrogen-bond donors (Lipinski definition) is 1. The van der Waals surface area contributed by atoms with E-state index in [9.17, 15) is 9.59 Å². The SMILES string of the molecule is CC(=O)c1c[nH+]c2cccc(C(=O)O)c2c1. The fourth-order valence-electron chi connectivity index (χ4n) is 1.59. The molecular formula is C12H10NO3+. The molecule has 16 heavy (non-hydrogen) atoms. The first kappa shape index (κ1) is 10.3. The van der Waals surface area contributed by atoms with E-state index < -0.39 is 5.97 Å². The summed E-state index contributed by atoms with van der Waals surface area (Å²) in [5, 5.41) is 9.56. The lowest BCUT2D eigenvalue weighted by Gasteiger charge is -1.99. The monoisotopic (exact) mass is 216 g/mol. The van der Waals surface area contributed by atoms with Gasteiger partial charge in [0.2, 0.25) is 5.52 Å². The highest BCUT2D eigenvalue weighted by molar-refractivity contribution is 6.04. The maximum Gasteiger partial charge on any atom is 0.336 e. The van der Waals surface area contributed by atoms with Gasteiger partial charge in [-0.15, -0.1) is 0 Å². The van der Waals surface area contributed by atoms with Crippen molar-refractivity contribution in [2.24, 2.45) is 0 Å². The van der Waals surface area contributed by atoms with Gasteiger partial charge < -0.3 is 5.11 Å². The number of carbonyl (C=O) groups excluding carboxylic acids is 1. The van der Waals surface area contributed by atoms with Gasteiger partial charge in [-0.1, -0.05) is 6.07 Å². The number of H-pyrrole nitrogens is 1. The number of fused-ring (bicyclic) bond motifs is 1. The lowest BCUT2D eigenvalue weighted by Crippen LogP contribution is -2.09. The number of ketones is 1. The predicted octanol–water partition coefficient (Wildman–Crippen LogP) is 1.55. The Morgan fingerprint density at radius 3 is 2.69 bits per heavy atom. The van der Waals surface area contributed by atoms with Gasteiger partial charge in [0.05, 0.1) is 16.5 Å². The normalized spacial score (nSPS) is 10.3. The van der Waals surface area contributed by atoms with E-state index in [1.807, 2.05) is 0 Å². The lowest BCUT2D eigenvalue weighted by atomic mass is 10.1. The largest absolute Gasteiger partial charge is 0.478 e. The second-order valence-electron chi connectivity index (χ2n) is 3.52. The highest BCUT2D eigenvalue weighted by Crippen LogP contribution is 2.16. The number of benzene rings is 1. The number of aromatic amines is 1. The Bertz CT molecular complexity index is 590. The molecule has 0 fully saturated rings. The molecule has 0 radical (unpaired) electrons. The lowest BCUT2D eigenvalue weighted by molar-refractivity contribution is -0.344. The molecule has 0 atom stereocenters. The molecule has 2 rings (SSSR count). The van der Waals surface area contributed by atoms with Crippen LogP contribution in [-0.4, -0.2) is 16.9 Å². The molecule has 0 aliphatic heterocycles. The molecule has 80 valence electrons. The molecule has 0 spiro atoms. The van der Waals surface area contributed by atoms with Crippen LogP contribution < -0.4 is 4.98 Å². The van der Waals surface area contributed by atoms with Crippen LogP contribution in [0, 0.1) is 0 Å². The summed E-state index contributed by atoms with van der Waals surface area (Å²) in [5.74, 6) is -1.10. The van der Waals surface area contributed by atoms with E-state index >= 15 is 0 Å². The van der Waals surface area contributed by atoms with Gasteiger partial charge in [-0.05, 0) is 19.1 Å². The van der Waals surface area contributed by atoms with Crippen molar-refractivity contribution in [3.63, 3.8) is 0 Å². The van der Waals surface area contributed by atoms with Crippen molar-refractivity contribution in [2.75, 3.05) is 0 Å². The third kappa shape index (κ3) is 1.65. The minimum Gasteiger partial charge on any atom is -0.478 e. The molecule has 0 aliphatic rings. The predicted molar refractivity (Wildman–Crippen MR) is 57.5 cm³/mol. The number of pyridine rings is 1. The van der Waals surface area contributed by atoms with Crippen LogP contribution in [0.2, 0.25) is 0 Å². The maximum atomic E-state index is 11.2. The molecule has 1 aromatic heterocycles. The summed E-state index contributed by atoms with van der Waals surface area (Å²) < 4.78 is 0. The fraction of sp³-hybridized carbons (Fsp3) is 0.0833.